The molecule has 0 aromatic carbocycles. The monoisotopic (exact) mass is 210 g/mol. The number of likely N-dealkylation sites (N-methyl/N-ethyl adjacent to an activating group) is 1. The topological polar surface area (TPSA) is 28.4 Å². The molecule has 86 valence electrons. The molecule has 1 rings (SSSR count). The van der Waals surface area contributed by atoms with Gasteiger partial charge < -0.3 is 14.6 Å². The molecule has 0 aliphatic carbocycles. The lowest BCUT2D eigenvalue weighted by Crippen LogP contribution is -2.47. The summed E-state index contributed by atoms with van der Waals surface area (Å²) in [5.74, 6) is 0.990. The third kappa shape index (κ3) is 3.36. The highest BCUT2D eigenvalue weighted by Crippen LogP contribution is 2.15. The molecule has 1 aromatic heterocycles. The minimum absolute atomic E-state index is 0.154. The van der Waals surface area contributed by atoms with Crippen LogP contribution >= 0.6 is 0 Å². The highest BCUT2D eigenvalue weighted by atomic mass is 16.3. The molecule has 1 unspecified atom stereocenters. The lowest BCUT2D eigenvalue weighted by atomic mass is 10.0. The van der Waals surface area contributed by atoms with Gasteiger partial charge in [0.2, 0.25) is 0 Å². The molecule has 0 aliphatic heterocycles. The third-order valence-corrected chi connectivity index (χ3v) is 3.02. The van der Waals surface area contributed by atoms with Gasteiger partial charge in [0.15, 0.2) is 0 Å². The number of nitrogens with one attached hydrogen (secondary N) is 1. The van der Waals surface area contributed by atoms with E-state index in [-0.39, 0.29) is 11.6 Å². The lowest BCUT2D eigenvalue weighted by molar-refractivity contribution is 0.183. The Morgan fingerprint density at radius 2 is 2.13 bits per heavy atom. The Kier molecular flexibility index (Phi) is 3.94. The minimum Gasteiger partial charge on any atom is -0.468 e. The van der Waals surface area contributed by atoms with E-state index in [0.29, 0.717) is 0 Å². The average molecular weight is 210 g/mol. The summed E-state index contributed by atoms with van der Waals surface area (Å²) in [6.07, 6.45) is 1.71. The van der Waals surface area contributed by atoms with Gasteiger partial charge in [-0.2, -0.15) is 0 Å². The van der Waals surface area contributed by atoms with Crippen molar-refractivity contribution < 1.29 is 4.42 Å². The first kappa shape index (κ1) is 12.3. The van der Waals surface area contributed by atoms with E-state index in [1.165, 1.54) is 0 Å². The largest absolute Gasteiger partial charge is 0.468 e. The number of hydrogen-bond acceptors (Lipinski definition) is 3. The van der Waals surface area contributed by atoms with Gasteiger partial charge in [0.1, 0.15) is 5.76 Å². The maximum atomic E-state index is 5.34. The van der Waals surface area contributed by atoms with Gasteiger partial charge in [0.25, 0.3) is 0 Å². The van der Waals surface area contributed by atoms with Gasteiger partial charge in [0, 0.05) is 12.1 Å². The maximum Gasteiger partial charge on any atom is 0.120 e. The summed E-state index contributed by atoms with van der Waals surface area (Å²) in [6, 6.07) is 4.18. The first-order chi connectivity index (χ1) is 6.93. The highest BCUT2D eigenvalue weighted by molar-refractivity contribution is 5.03. The molecule has 0 saturated carbocycles. The van der Waals surface area contributed by atoms with Gasteiger partial charge in [0.05, 0.1) is 12.3 Å². The van der Waals surface area contributed by atoms with E-state index in [1.54, 1.807) is 6.26 Å². The van der Waals surface area contributed by atoms with Crippen molar-refractivity contribution in [2.24, 2.45) is 0 Å². The van der Waals surface area contributed by atoms with Gasteiger partial charge in [-0.25, -0.2) is 0 Å². The molecule has 1 heterocycles. The zero-order valence-electron chi connectivity index (χ0n) is 10.4. The maximum absolute atomic E-state index is 5.34. The smallest absolute Gasteiger partial charge is 0.120 e. The molecule has 0 saturated heterocycles. The van der Waals surface area contributed by atoms with Crippen molar-refractivity contribution in [3.8, 4) is 0 Å². The standard InChI is InChI=1S/C12H22N2O/c1-10(11-7-6-8-15-11)13-9-12(2,3)14(4)5/h6-8,10,13H,9H2,1-5H3. The quantitative estimate of drug-likeness (QED) is 0.808. The Morgan fingerprint density at radius 3 is 2.60 bits per heavy atom. The second-order valence-corrected chi connectivity index (χ2v) is 4.82. The number of rotatable bonds is 5. The van der Waals surface area contributed by atoms with Crippen molar-refractivity contribution in [3.05, 3.63) is 24.2 Å². The predicted molar refractivity (Wildman–Crippen MR) is 62.9 cm³/mol. The van der Waals surface area contributed by atoms with Crippen molar-refractivity contribution >= 4 is 0 Å². The molecule has 3 nitrogen and oxygen atoms in total. The fraction of sp³-hybridized carbons (Fsp3) is 0.667. The Bertz CT molecular complexity index is 278. The van der Waals surface area contributed by atoms with Crippen LogP contribution in [0, 0.1) is 0 Å². The molecule has 1 aromatic rings. The summed E-state index contributed by atoms with van der Waals surface area (Å²) in [6.45, 7) is 7.48. The van der Waals surface area contributed by atoms with Gasteiger partial charge in [-0.05, 0) is 47.0 Å². The first-order valence-electron chi connectivity index (χ1n) is 5.38. The fourth-order valence-corrected chi connectivity index (χ4v) is 1.20. The summed E-state index contributed by atoms with van der Waals surface area (Å²) in [5.41, 5.74) is 0.154. The van der Waals surface area contributed by atoms with Crippen LogP contribution in [0.3, 0.4) is 0 Å². The molecule has 1 N–H and O–H groups in total. The minimum atomic E-state index is 0.154. The Hall–Kier alpha value is -0.800. The van der Waals surface area contributed by atoms with E-state index in [9.17, 15) is 0 Å². The number of furan rings is 1. The number of nitrogens with zero attached hydrogens (tertiary/aromatic N) is 1. The van der Waals surface area contributed by atoms with Crippen LogP contribution < -0.4 is 5.32 Å². The van der Waals surface area contributed by atoms with Crippen LogP contribution in [-0.2, 0) is 0 Å². The SMILES string of the molecule is CC(NCC(C)(C)N(C)C)c1ccco1. The van der Waals surface area contributed by atoms with Gasteiger partial charge in [-0.1, -0.05) is 0 Å². The molecule has 0 bridgehead atoms. The Morgan fingerprint density at radius 1 is 1.47 bits per heavy atom. The second-order valence-electron chi connectivity index (χ2n) is 4.82. The molecule has 1 atom stereocenters. The van der Waals surface area contributed by atoms with Crippen LogP contribution in [0.5, 0.6) is 0 Å². The van der Waals surface area contributed by atoms with Crippen LogP contribution in [0.25, 0.3) is 0 Å². The first-order valence-corrected chi connectivity index (χ1v) is 5.38. The van der Waals surface area contributed by atoms with Gasteiger partial charge in [-0.3, -0.25) is 0 Å². The molecule has 0 radical (unpaired) electrons. The van der Waals surface area contributed by atoms with Crippen LogP contribution in [0.2, 0.25) is 0 Å². The summed E-state index contributed by atoms with van der Waals surface area (Å²) >= 11 is 0. The Balaban J connectivity index is 2.44. The molecule has 0 spiro atoms. The van der Waals surface area contributed by atoms with Crippen LogP contribution in [0.1, 0.15) is 32.6 Å². The molecule has 3 heteroatoms. The van der Waals surface area contributed by atoms with Gasteiger partial charge in [-0.15, -0.1) is 0 Å². The van der Waals surface area contributed by atoms with E-state index in [4.69, 9.17) is 4.42 Å². The van der Waals surface area contributed by atoms with Crippen molar-refractivity contribution in [3.63, 3.8) is 0 Å². The normalized spacial score (nSPS) is 14.5. The second kappa shape index (κ2) is 4.81. The van der Waals surface area contributed by atoms with E-state index in [1.807, 2.05) is 12.1 Å². The summed E-state index contributed by atoms with van der Waals surface area (Å²) < 4.78 is 5.34. The summed E-state index contributed by atoms with van der Waals surface area (Å²) in [7, 11) is 4.19. The Labute approximate surface area is 92.5 Å². The zero-order chi connectivity index (χ0) is 11.5. The van der Waals surface area contributed by atoms with E-state index >= 15 is 0 Å². The van der Waals surface area contributed by atoms with Crippen molar-refractivity contribution in [2.45, 2.75) is 32.4 Å². The molecule has 0 amide bonds. The van der Waals surface area contributed by atoms with E-state index < -0.39 is 0 Å². The van der Waals surface area contributed by atoms with Crippen molar-refractivity contribution in [2.75, 3.05) is 20.6 Å². The van der Waals surface area contributed by atoms with Crippen LogP contribution in [0.4, 0.5) is 0 Å². The number of hydrogen-bond donors (Lipinski definition) is 1. The lowest BCUT2D eigenvalue weighted by Gasteiger charge is -2.33. The molecular formula is C12H22N2O. The zero-order valence-corrected chi connectivity index (χ0v) is 10.4. The fourth-order valence-electron chi connectivity index (χ4n) is 1.20. The average Bonchev–Trinajstić information content (AvgIpc) is 2.66. The predicted octanol–water partition coefficient (Wildman–Crippen LogP) is 2.27. The van der Waals surface area contributed by atoms with Crippen molar-refractivity contribution in [1.82, 2.24) is 10.2 Å². The molecule has 0 aliphatic rings. The van der Waals surface area contributed by atoms with Crippen molar-refractivity contribution in [1.29, 1.82) is 0 Å². The summed E-state index contributed by atoms with van der Waals surface area (Å²) in [5, 5.41) is 3.47. The molecular weight excluding hydrogens is 188 g/mol. The molecule has 15 heavy (non-hydrogen) atoms. The summed E-state index contributed by atoms with van der Waals surface area (Å²) in [4.78, 5) is 2.22. The highest BCUT2D eigenvalue weighted by Gasteiger charge is 2.21. The van der Waals surface area contributed by atoms with E-state index in [0.717, 1.165) is 12.3 Å². The third-order valence-electron chi connectivity index (χ3n) is 3.02. The van der Waals surface area contributed by atoms with Gasteiger partial charge >= 0.3 is 0 Å². The van der Waals surface area contributed by atoms with Crippen LogP contribution in [0.15, 0.2) is 22.8 Å². The van der Waals surface area contributed by atoms with Crippen LogP contribution in [-0.4, -0.2) is 31.1 Å². The van der Waals surface area contributed by atoms with E-state index in [2.05, 4.69) is 45.1 Å². The molecule has 0 fully saturated rings.